The van der Waals surface area contributed by atoms with E-state index in [0.717, 1.165) is 11.1 Å². The summed E-state index contributed by atoms with van der Waals surface area (Å²) in [4.78, 5) is 24.6. The van der Waals surface area contributed by atoms with Crippen LogP contribution in [0.15, 0.2) is 59.5 Å². The molecule has 0 aliphatic heterocycles. The molecule has 3 aromatic rings. The molecular weight excluding hydrogens is 476 g/mol. The summed E-state index contributed by atoms with van der Waals surface area (Å²) in [6.45, 7) is 7.42. The van der Waals surface area contributed by atoms with Crippen LogP contribution >= 0.6 is 11.6 Å². The van der Waals surface area contributed by atoms with Gasteiger partial charge in [-0.2, -0.15) is 0 Å². The van der Waals surface area contributed by atoms with Crippen LogP contribution in [0.1, 0.15) is 44.3 Å². The maximum atomic E-state index is 13.1. The molecule has 3 aromatic carbocycles. The van der Waals surface area contributed by atoms with Gasteiger partial charge < -0.3 is 10.1 Å². The number of carbonyl (C=O) groups is 2. The second kappa shape index (κ2) is 10.3. The summed E-state index contributed by atoms with van der Waals surface area (Å²) in [6, 6.07) is 14.1. The predicted molar refractivity (Wildman–Crippen MR) is 133 cm³/mol. The molecule has 0 aromatic heterocycles. The van der Waals surface area contributed by atoms with Crippen LogP contribution in [0, 0.1) is 20.8 Å². The molecule has 0 bridgehead atoms. The van der Waals surface area contributed by atoms with Gasteiger partial charge >= 0.3 is 5.97 Å². The SMILES string of the molecule is CCOC(=O)c1ccc(NC(=O)c2ccc(Cl)c(S(=O)(=O)Nc3cccc(C)c3C)c2)c(C)c1. The molecule has 0 heterocycles. The zero-order valence-corrected chi connectivity index (χ0v) is 20.8. The quantitative estimate of drug-likeness (QED) is 0.417. The van der Waals surface area contributed by atoms with Crippen LogP contribution in [0.4, 0.5) is 11.4 Å². The first kappa shape index (κ1) is 25.3. The second-order valence-electron chi connectivity index (χ2n) is 7.70. The third kappa shape index (κ3) is 5.58. The highest BCUT2D eigenvalue weighted by Gasteiger charge is 2.22. The van der Waals surface area contributed by atoms with E-state index in [2.05, 4.69) is 10.0 Å². The number of esters is 1. The van der Waals surface area contributed by atoms with Crippen LogP contribution < -0.4 is 10.0 Å². The second-order valence-corrected chi connectivity index (χ2v) is 9.76. The lowest BCUT2D eigenvalue weighted by Gasteiger charge is -2.14. The number of ether oxygens (including phenoxy) is 1. The molecule has 34 heavy (non-hydrogen) atoms. The Kier molecular flexibility index (Phi) is 7.64. The molecule has 0 unspecified atom stereocenters. The molecular formula is C25H25ClN2O5S. The monoisotopic (exact) mass is 500 g/mol. The fourth-order valence-corrected chi connectivity index (χ4v) is 4.90. The van der Waals surface area contributed by atoms with Gasteiger partial charge in [-0.05, 0) is 86.8 Å². The summed E-state index contributed by atoms with van der Waals surface area (Å²) in [5.41, 5.74) is 3.77. The first-order chi connectivity index (χ1) is 16.0. The number of benzene rings is 3. The minimum absolute atomic E-state index is 0.00988. The van der Waals surface area contributed by atoms with Crippen molar-refractivity contribution < 1.29 is 22.7 Å². The highest BCUT2D eigenvalue weighted by Crippen LogP contribution is 2.28. The number of sulfonamides is 1. The Hall–Kier alpha value is -3.36. The van der Waals surface area contributed by atoms with Crippen LogP contribution in [0.3, 0.4) is 0 Å². The molecule has 0 saturated heterocycles. The molecule has 3 rings (SSSR count). The first-order valence-electron chi connectivity index (χ1n) is 10.5. The molecule has 0 fully saturated rings. The van der Waals surface area contributed by atoms with Gasteiger partial charge in [0.25, 0.3) is 15.9 Å². The molecule has 0 aliphatic carbocycles. The summed E-state index contributed by atoms with van der Waals surface area (Å²) < 4.78 is 33.6. The van der Waals surface area contributed by atoms with Crippen LogP contribution in [0.5, 0.6) is 0 Å². The van der Waals surface area contributed by atoms with E-state index in [1.165, 1.54) is 18.2 Å². The van der Waals surface area contributed by atoms with Gasteiger partial charge in [-0.15, -0.1) is 0 Å². The molecule has 2 N–H and O–H groups in total. The minimum Gasteiger partial charge on any atom is -0.462 e. The van der Waals surface area contributed by atoms with E-state index in [1.807, 2.05) is 19.9 Å². The number of aryl methyl sites for hydroxylation is 2. The lowest BCUT2D eigenvalue weighted by atomic mass is 10.1. The third-order valence-corrected chi connectivity index (χ3v) is 7.16. The van der Waals surface area contributed by atoms with Crippen LogP contribution in [0.2, 0.25) is 5.02 Å². The van der Waals surface area contributed by atoms with E-state index in [0.29, 0.717) is 22.5 Å². The topological polar surface area (TPSA) is 102 Å². The molecule has 9 heteroatoms. The minimum atomic E-state index is -4.05. The van der Waals surface area contributed by atoms with Crippen molar-refractivity contribution in [2.24, 2.45) is 0 Å². The van der Waals surface area contributed by atoms with Gasteiger partial charge in [0.1, 0.15) is 4.90 Å². The average molecular weight is 501 g/mol. The molecule has 0 atom stereocenters. The normalized spacial score (nSPS) is 11.1. The van der Waals surface area contributed by atoms with Crippen molar-refractivity contribution in [3.63, 3.8) is 0 Å². The number of hydrogen-bond donors (Lipinski definition) is 2. The van der Waals surface area contributed by atoms with Crippen LogP contribution in [0.25, 0.3) is 0 Å². The van der Waals surface area contributed by atoms with Crippen molar-refractivity contribution in [1.82, 2.24) is 0 Å². The van der Waals surface area contributed by atoms with E-state index in [1.54, 1.807) is 44.2 Å². The maximum Gasteiger partial charge on any atom is 0.338 e. The maximum absolute atomic E-state index is 13.1. The molecule has 1 amide bonds. The Labute approximate surface area is 204 Å². The predicted octanol–water partition coefficient (Wildman–Crippen LogP) is 5.50. The first-order valence-corrected chi connectivity index (χ1v) is 12.4. The van der Waals surface area contributed by atoms with Gasteiger partial charge in [0.05, 0.1) is 22.9 Å². The van der Waals surface area contributed by atoms with E-state index in [-0.39, 0.29) is 22.1 Å². The molecule has 0 radical (unpaired) electrons. The third-order valence-electron chi connectivity index (χ3n) is 5.32. The van der Waals surface area contributed by atoms with E-state index in [4.69, 9.17) is 16.3 Å². The van der Waals surface area contributed by atoms with E-state index >= 15 is 0 Å². The highest BCUT2D eigenvalue weighted by atomic mass is 35.5. The van der Waals surface area contributed by atoms with Crippen molar-refractivity contribution in [1.29, 1.82) is 0 Å². The summed E-state index contributed by atoms with van der Waals surface area (Å²) >= 11 is 6.19. The van der Waals surface area contributed by atoms with Gasteiger partial charge in [0.2, 0.25) is 0 Å². The Morgan fingerprint density at radius 3 is 2.29 bits per heavy atom. The number of nitrogens with one attached hydrogen (secondary N) is 2. The number of halogens is 1. The number of rotatable bonds is 7. The molecule has 7 nitrogen and oxygen atoms in total. The molecule has 0 aliphatic rings. The Morgan fingerprint density at radius 1 is 0.912 bits per heavy atom. The number of carbonyl (C=O) groups excluding carboxylic acids is 2. The molecule has 0 saturated carbocycles. The zero-order chi connectivity index (χ0) is 25.0. The number of hydrogen-bond acceptors (Lipinski definition) is 5. The standard InChI is InChI=1S/C25H25ClN2O5S/c1-5-33-25(30)19-10-12-21(16(3)13-19)27-24(29)18-9-11-20(26)23(14-18)34(31,32)28-22-8-6-7-15(2)17(22)4/h6-14,28H,5H2,1-4H3,(H,27,29). The van der Waals surface area contributed by atoms with Crippen molar-refractivity contribution >= 4 is 44.9 Å². The van der Waals surface area contributed by atoms with Crippen molar-refractivity contribution in [3.05, 3.63) is 87.4 Å². The Balaban J connectivity index is 1.86. The van der Waals surface area contributed by atoms with Crippen molar-refractivity contribution in [3.8, 4) is 0 Å². The highest BCUT2D eigenvalue weighted by molar-refractivity contribution is 7.92. The lowest BCUT2D eigenvalue weighted by Crippen LogP contribution is -2.17. The van der Waals surface area contributed by atoms with Crippen LogP contribution in [-0.4, -0.2) is 26.9 Å². The van der Waals surface area contributed by atoms with Gasteiger partial charge in [-0.25, -0.2) is 13.2 Å². The zero-order valence-electron chi connectivity index (χ0n) is 19.2. The molecule has 0 spiro atoms. The largest absolute Gasteiger partial charge is 0.462 e. The number of amides is 1. The van der Waals surface area contributed by atoms with Gasteiger partial charge in [0, 0.05) is 11.3 Å². The molecule has 178 valence electrons. The van der Waals surface area contributed by atoms with Gasteiger partial charge in [-0.1, -0.05) is 23.7 Å². The fraction of sp³-hybridized carbons (Fsp3) is 0.200. The van der Waals surface area contributed by atoms with Crippen LogP contribution in [-0.2, 0) is 14.8 Å². The smallest absolute Gasteiger partial charge is 0.338 e. The van der Waals surface area contributed by atoms with Crippen molar-refractivity contribution in [2.45, 2.75) is 32.6 Å². The van der Waals surface area contributed by atoms with E-state index < -0.39 is 21.9 Å². The lowest BCUT2D eigenvalue weighted by molar-refractivity contribution is 0.0526. The van der Waals surface area contributed by atoms with Crippen molar-refractivity contribution in [2.75, 3.05) is 16.6 Å². The Morgan fingerprint density at radius 2 is 1.62 bits per heavy atom. The summed E-state index contributed by atoms with van der Waals surface area (Å²) in [5.74, 6) is -0.973. The van der Waals surface area contributed by atoms with E-state index in [9.17, 15) is 18.0 Å². The summed E-state index contributed by atoms with van der Waals surface area (Å²) in [5, 5.41) is 2.73. The fourth-order valence-electron chi connectivity index (χ4n) is 3.25. The number of anilines is 2. The average Bonchev–Trinajstić information content (AvgIpc) is 2.78. The summed E-state index contributed by atoms with van der Waals surface area (Å²) in [6.07, 6.45) is 0. The Bertz CT molecular complexity index is 1370. The van der Waals surface area contributed by atoms with Gasteiger partial charge in [0.15, 0.2) is 0 Å². The summed E-state index contributed by atoms with van der Waals surface area (Å²) in [7, 11) is -4.05. The van der Waals surface area contributed by atoms with Gasteiger partial charge in [-0.3, -0.25) is 9.52 Å².